The molecule has 10 heteroatoms. The molecule has 2 aromatic heterocycles. The van der Waals surface area contributed by atoms with Crippen LogP contribution < -0.4 is 10.1 Å². The number of nitrogens with one attached hydrogen (secondary N) is 1. The van der Waals surface area contributed by atoms with Gasteiger partial charge < -0.3 is 10.1 Å². The molecule has 0 atom stereocenters. The molecule has 4 aromatic rings. The molecular formula is C24H20F4N4O2. The maximum atomic E-state index is 13.8. The predicted octanol–water partition coefficient (Wildman–Crippen LogP) is 5.40. The predicted molar refractivity (Wildman–Crippen MR) is 118 cm³/mol. The van der Waals surface area contributed by atoms with Crippen molar-refractivity contribution in [3.63, 3.8) is 0 Å². The molecule has 2 aromatic carbocycles. The van der Waals surface area contributed by atoms with E-state index in [4.69, 9.17) is 4.74 Å². The Morgan fingerprint density at radius 2 is 1.82 bits per heavy atom. The Morgan fingerprint density at radius 1 is 1.12 bits per heavy atom. The van der Waals surface area contributed by atoms with Gasteiger partial charge in [-0.2, -0.15) is 18.3 Å². The summed E-state index contributed by atoms with van der Waals surface area (Å²) in [6.07, 6.45) is -4.45. The minimum atomic E-state index is -4.79. The van der Waals surface area contributed by atoms with Crippen LogP contribution in [0.5, 0.6) is 5.88 Å². The van der Waals surface area contributed by atoms with Gasteiger partial charge in [-0.15, -0.1) is 0 Å². The van der Waals surface area contributed by atoms with Gasteiger partial charge >= 0.3 is 6.18 Å². The number of amides is 1. The third-order valence-electron chi connectivity index (χ3n) is 5.39. The van der Waals surface area contributed by atoms with Crippen LogP contribution >= 0.6 is 0 Å². The number of aromatic nitrogens is 3. The number of methoxy groups -OCH3 is 1. The molecule has 1 N–H and O–H groups in total. The molecule has 0 aliphatic rings. The first-order valence-corrected chi connectivity index (χ1v) is 10.3. The summed E-state index contributed by atoms with van der Waals surface area (Å²) < 4.78 is 60.8. The van der Waals surface area contributed by atoms with E-state index in [0.29, 0.717) is 17.3 Å². The van der Waals surface area contributed by atoms with Crippen LogP contribution in [0.2, 0.25) is 0 Å². The summed E-state index contributed by atoms with van der Waals surface area (Å²) in [5.74, 6) is -0.987. The van der Waals surface area contributed by atoms with Gasteiger partial charge in [-0.05, 0) is 37.1 Å². The van der Waals surface area contributed by atoms with E-state index < -0.39 is 29.3 Å². The highest BCUT2D eigenvalue weighted by Crippen LogP contribution is 2.36. The number of rotatable bonds is 6. The van der Waals surface area contributed by atoms with Crippen LogP contribution in [0.3, 0.4) is 0 Å². The summed E-state index contributed by atoms with van der Waals surface area (Å²) >= 11 is 0. The molecule has 0 aliphatic carbocycles. The maximum Gasteiger partial charge on any atom is 0.437 e. The van der Waals surface area contributed by atoms with Gasteiger partial charge in [-0.1, -0.05) is 30.3 Å². The van der Waals surface area contributed by atoms with Crippen molar-refractivity contribution in [2.45, 2.75) is 26.1 Å². The van der Waals surface area contributed by atoms with Gasteiger partial charge in [-0.3, -0.25) is 9.48 Å². The number of anilines is 1. The Labute approximate surface area is 192 Å². The number of hydrogen-bond donors (Lipinski definition) is 1. The fourth-order valence-electron chi connectivity index (χ4n) is 3.62. The Kier molecular flexibility index (Phi) is 6.23. The molecule has 6 nitrogen and oxygen atoms in total. The van der Waals surface area contributed by atoms with Crippen molar-refractivity contribution < 1.29 is 27.1 Å². The lowest BCUT2D eigenvalue weighted by Crippen LogP contribution is -2.17. The fourth-order valence-corrected chi connectivity index (χ4v) is 3.62. The fraction of sp³-hybridized carbons (Fsp3) is 0.208. The molecule has 176 valence electrons. The molecule has 0 unspecified atom stereocenters. The zero-order chi connectivity index (χ0) is 24.5. The minimum Gasteiger partial charge on any atom is -0.481 e. The monoisotopic (exact) mass is 472 g/mol. The molecule has 34 heavy (non-hydrogen) atoms. The molecule has 0 spiro atoms. The lowest BCUT2D eigenvalue weighted by molar-refractivity contribution is -0.140. The quantitative estimate of drug-likeness (QED) is 0.382. The number of fused-ring (bicyclic) bond motifs is 1. The summed E-state index contributed by atoms with van der Waals surface area (Å²) in [7, 11) is 1.38. The average Bonchev–Trinajstić information content (AvgIpc) is 3.13. The van der Waals surface area contributed by atoms with Crippen LogP contribution in [0.15, 0.2) is 54.6 Å². The lowest BCUT2D eigenvalue weighted by Gasteiger charge is -2.12. The largest absolute Gasteiger partial charge is 0.481 e. The van der Waals surface area contributed by atoms with Crippen LogP contribution in [-0.4, -0.2) is 27.8 Å². The van der Waals surface area contributed by atoms with Gasteiger partial charge in [-0.25, -0.2) is 9.37 Å². The number of alkyl halides is 3. The number of benzene rings is 2. The number of ether oxygens (including phenoxy) is 1. The molecule has 4 rings (SSSR count). The van der Waals surface area contributed by atoms with Gasteiger partial charge in [0.05, 0.1) is 29.6 Å². The van der Waals surface area contributed by atoms with Gasteiger partial charge in [0.15, 0.2) is 5.69 Å². The van der Waals surface area contributed by atoms with Gasteiger partial charge in [0.2, 0.25) is 5.88 Å². The van der Waals surface area contributed by atoms with Crippen molar-refractivity contribution in [1.82, 2.24) is 14.8 Å². The highest BCUT2D eigenvalue weighted by atomic mass is 19.4. The van der Waals surface area contributed by atoms with E-state index in [9.17, 15) is 22.4 Å². The molecule has 0 radical (unpaired) electrons. The molecular weight excluding hydrogens is 452 g/mol. The van der Waals surface area contributed by atoms with E-state index in [0.717, 1.165) is 5.56 Å². The van der Waals surface area contributed by atoms with Crippen LogP contribution in [0.1, 0.15) is 27.3 Å². The van der Waals surface area contributed by atoms with Crippen molar-refractivity contribution >= 4 is 22.5 Å². The normalized spacial score (nSPS) is 11.6. The van der Waals surface area contributed by atoms with E-state index in [1.54, 1.807) is 36.4 Å². The molecule has 0 saturated heterocycles. The van der Waals surface area contributed by atoms with E-state index in [-0.39, 0.29) is 23.7 Å². The van der Waals surface area contributed by atoms with Crippen molar-refractivity contribution in [2.24, 2.45) is 0 Å². The summed E-state index contributed by atoms with van der Waals surface area (Å²) in [5.41, 5.74) is -0.137. The van der Waals surface area contributed by atoms with Crippen LogP contribution in [0.4, 0.5) is 23.2 Å². The van der Waals surface area contributed by atoms with Crippen LogP contribution in [0.25, 0.3) is 10.9 Å². The number of aryl methyl sites for hydroxylation is 2. The average molecular weight is 472 g/mol. The number of pyridine rings is 1. The molecule has 1 amide bonds. The summed E-state index contributed by atoms with van der Waals surface area (Å²) in [6, 6.07) is 13.8. The third-order valence-corrected chi connectivity index (χ3v) is 5.39. The smallest absolute Gasteiger partial charge is 0.437 e. The first kappa shape index (κ1) is 23.2. The van der Waals surface area contributed by atoms with Crippen molar-refractivity contribution in [2.75, 3.05) is 12.4 Å². The number of carbonyl (C=O) groups is 1. The Bertz CT molecular complexity index is 1350. The highest BCUT2D eigenvalue weighted by Gasteiger charge is 2.39. The van der Waals surface area contributed by atoms with Gasteiger partial charge in [0.1, 0.15) is 5.82 Å². The zero-order valence-corrected chi connectivity index (χ0v) is 18.3. The first-order valence-electron chi connectivity index (χ1n) is 10.3. The third kappa shape index (κ3) is 4.70. The number of para-hydroxylation sites is 1. The Morgan fingerprint density at radius 3 is 2.50 bits per heavy atom. The maximum absolute atomic E-state index is 13.8. The van der Waals surface area contributed by atoms with E-state index >= 15 is 0 Å². The summed E-state index contributed by atoms with van der Waals surface area (Å²) in [5, 5.41) is 6.59. The van der Waals surface area contributed by atoms with E-state index in [1.165, 1.54) is 36.9 Å². The topological polar surface area (TPSA) is 69.0 Å². The Hall–Kier alpha value is -3.95. The zero-order valence-electron chi connectivity index (χ0n) is 18.3. The van der Waals surface area contributed by atoms with Gasteiger partial charge in [0.25, 0.3) is 5.91 Å². The standard InChI is InChI=1S/C24H20F4N4O2/c1-14-21(30-23(33)18-13-20(34-2)29-19-6-4-3-5-17(18)19)22(24(26,27)28)31-32(14)12-11-15-7-9-16(25)10-8-15/h3-10,13H,11-12H2,1-2H3,(H,30,33). The van der Waals surface area contributed by atoms with E-state index in [2.05, 4.69) is 15.4 Å². The van der Waals surface area contributed by atoms with Crippen LogP contribution in [0, 0.1) is 12.7 Å². The van der Waals surface area contributed by atoms with Crippen LogP contribution in [-0.2, 0) is 19.1 Å². The number of carbonyl (C=O) groups excluding carboxylic acids is 1. The van der Waals surface area contributed by atoms with Crippen molar-refractivity contribution in [3.8, 4) is 5.88 Å². The second-order valence-corrected chi connectivity index (χ2v) is 7.59. The molecule has 0 bridgehead atoms. The summed E-state index contributed by atoms with van der Waals surface area (Å²) in [4.78, 5) is 17.4. The van der Waals surface area contributed by atoms with E-state index in [1.807, 2.05) is 0 Å². The molecule has 0 fully saturated rings. The second-order valence-electron chi connectivity index (χ2n) is 7.59. The summed E-state index contributed by atoms with van der Waals surface area (Å²) in [6.45, 7) is 1.57. The lowest BCUT2D eigenvalue weighted by atomic mass is 10.1. The highest BCUT2D eigenvalue weighted by molar-refractivity contribution is 6.13. The second kappa shape index (κ2) is 9.12. The van der Waals surface area contributed by atoms with Gasteiger partial charge in [0, 0.05) is 18.0 Å². The molecule has 0 saturated carbocycles. The minimum absolute atomic E-state index is 0.114. The Balaban J connectivity index is 1.68. The molecule has 2 heterocycles. The number of hydrogen-bond acceptors (Lipinski definition) is 4. The number of nitrogens with zero attached hydrogens (tertiary/aromatic N) is 3. The van der Waals surface area contributed by atoms with Crippen molar-refractivity contribution in [3.05, 3.63) is 82.9 Å². The van der Waals surface area contributed by atoms with Crippen molar-refractivity contribution in [1.29, 1.82) is 0 Å². The number of halogens is 4. The first-order chi connectivity index (χ1) is 16.2. The SMILES string of the molecule is COc1cc(C(=O)Nc2c(C(F)(F)F)nn(CCc3ccc(F)cc3)c2C)c2ccccc2n1. The molecule has 0 aliphatic heterocycles.